The topological polar surface area (TPSA) is 48.9 Å². The van der Waals surface area contributed by atoms with Gasteiger partial charge in [-0.25, -0.2) is 0 Å². The molecule has 0 aromatic heterocycles. The summed E-state index contributed by atoms with van der Waals surface area (Å²) in [7, 11) is 8.03. The van der Waals surface area contributed by atoms with Crippen molar-refractivity contribution in [3.05, 3.63) is 0 Å². The normalized spacial score (nSPS) is 22.4. The van der Waals surface area contributed by atoms with E-state index in [1.807, 2.05) is 7.05 Å². The minimum absolute atomic E-state index is 0.394. The molecule has 2 rings (SSSR count). The van der Waals surface area contributed by atoms with Crippen LogP contribution in [0.25, 0.3) is 0 Å². The molecule has 0 spiro atoms. The Bertz CT molecular complexity index is 371. The number of likely N-dealkylation sites (N-methyl/N-ethyl adjacent to an activating group) is 1. The van der Waals surface area contributed by atoms with Gasteiger partial charge < -0.3 is 20.3 Å². The molecule has 2 N–H and O–H groups in total. The van der Waals surface area contributed by atoms with Gasteiger partial charge >= 0.3 is 0 Å². The highest BCUT2D eigenvalue weighted by atomic mass is 16.5. The summed E-state index contributed by atoms with van der Waals surface area (Å²) in [5, 5.41) is 7.11. The minimum atomic E-state index is 0.394. The van der Waals surface area contributed by atoms with Gasteiger partial charge in [0, 0.05) is 39.9 Å². The van der Waals surface area contributed by atoms with Gasteiger partial charge in [-0.3, -0.25) is 4.99 Å². The maximum absolute atomic E-state index is 5.32. The van der Waals surface area contributed by atoms with E-state index in [-0.39, 0.29) is 0 Å². The highest BCUT2D eigenvalue weighted by Gasteiger charge is 2.34. The van der Waals surface area contributed by atoms with E-state index in [1.54, 1.807) is 7.11 Å². The van der Waals surface area contributed by atoms with Gasteiger partial charge in [0.2, 0.25) is 0 Å². The summed E-state index contributed by atoms with van der Waals surface area (Å²) < 4.78 is 5.32. The summed E-state index contributed by atoms with van der Waals surface area (Å²) in [5.41, 5.74) is 0.394. The molecule has 1 unspecified atom stereocenters. The third-order valence-electron chi connectivity index (χ3n) is 5.66. The van der Waals surface area contributed by atoms with E-state index < -0.39 is 0 Å². The number of hydrogen-bond acceptors (Lipinski definition) is 3. The van der Waals surface area contributed by atoms with E-state index >= 15 is 0 Å². The van der Waals surface area contributed by atoms with Crippen LogP contribution in [0, 0.1) is 11.3 Å². The molecule has 2 aliphatic rings. The molecule has 0 heterocycles. The van der Waals surface area contributed by atoms with Crippen molar-refractivity contribution in [2.75, 3.05) is 47.9 Å². The van der Waals surface area contributed by atoms with Crippen molar-refractivity contribution in [1.29, 1.82) is 0 Å². The summed E-state index contributed by atoms with van der Waals surface area (Å²) in [5.74, 6) is 1.81. The number of nitrogens with zero attached hydrogens (tertiary/aromatic N) is 2. The number of hydrogen-bond donors (Lipinski definition) is 2. The van der Waals surface area contributed by atoms with Crippen molar-refractivity contribution in [2.45, 2.75) is 51.0 Å². The summed E-state index contributed by atoms with van der Waals surface area (Å²) in [6, 6.07) is 0.613. The Balaban J connectivity index is 1.79. The fourth-order valence-corrected chi connectivity index (χ4v) is 3.90. The molecular weight excluding hydrogens is 288 g/mol. The molecule has 134 valence electrons. The Labute approximate surface area is 142 Å². The zero-order chi connectivity index (χ0) is 16.7. The highest BCUT2D eigenvalue weighted by Crippen LogP contribution is 2.40. The van der Waals surface area contributed by atoms with Crippen LogP contribution in [0.15, 0.2) is 4.99 Å². The van der Waals surface area contributed by atoms with Gasteiger partial charge in [0.1, 0.15) is 0 Å². The first-order chi connectivity index (χ1) is 11.1. The van der Waals surface area contributed by atoms with Crippen molar-refractivity contribution in [1.82, 2.24) is 15.5 Å². The number of rotatable bonds is 9. The number of nitrogens with one attached hydrogen (secondary N) is 2. The Morgan fingerprint density at radius 1 is 1.26 bits per heavy atom. The zero-order valence-electron chi connectivity index (χ0n) is 15.5. The summed E-state index contributed by atoms with van der Waals surface area (Å²) >= 11 is 0. The first-order valence-electron chi connectivity index (χ1n) is 9.20. The number of guanidine groups is 1. The van der Waals surface area contributed by atoms with E-state index in [0.717, 1.165) is 38.0 Å². The van der Waals surface area contributed by atoms with Crippen LogP contribution < -0.4 is 10.6 Å². The molecule has 0 aromatic carbocycles. The van der Waals surface area contributed by atoms with Crippen LogP contribution in [0.2, 0.25) is 0 Å². The molecule has 0 radical (unpaired) electrons. The third kappa shape index (κ3) is 5.64. The molecule has 1 atom stereocenters. The Morgan fingerprint density at radius 2 is 1.96 bits per heavy atom. The zero-order valence-corrected chi connectivity index (χ0v) is 15.5. The predicted molar refractivity (Wildman–Crippen MR) is 97.0 cm³/mol. The van der Waals surface area contributed by atoms with E-state index in [2.05, 4.69) is 34.6 Å². The van der Waals surface area contributed by atoms with Gasteiger partial charge in [0.25, 0.3) is 0 Å². The van der Waals surface area contributed by atoms with Gasteiger partial charge in [-0.1, -0.05) is 12.8 Å². The summed E-state index contributed by atoms with van der Waals surface area (Å²) in [4.78, 5) is 6.76. The van der Waals surface area contributed by atoms with Gasteiger partial charge in [-0.2, -0.15) is 0 Å². The first kappa shape index (κ1) is 18.5. The molecule has 2 saturated carbocycles. The lowest BCUT2D eigenvalue weighted by Crippen LogP contribution is -2.48. The lowest BCUT2D eigenvalue weighted by atomic mass is 9.83. The van der Waals surface area contributed by atoms with Crippen molar-refractivity contribution in [3.63, 3.8) is 0 Å². The Kier molecular flexibility index (Phi) is 7.15. The number of ether oxygens (including phenoxy) is 1. The van der Waals surface area contributed by atoms with Crippen molar-refractivity contribution in [2.24, 2.45) is 16.3 Å². The molecule has 0 bridgehead atoms. The van der Waals surface area contributed by atoms with Gasteiger partial charge in [0.15, 0.2) is 5.96 Å². The lowest BCUT2D eigenvalue weighted by Gasteiger charge is -2.30. The van der Waals surface area contributed by atoms with E-state index in [0.29, 0.717) is 11.5 Å². The van der Waals surface area contributed by atoms with Crippen molar-refractivity contribution < 1.29 is 4.74 Å². The highest BCUT2D eigenvalue weighted by molar-refractivity contribution is 5.79. The fraction of sp³-hybridized carbons (Fsp3) is 0.944. The second-order valence-electron chi connectivity index (χ2n) is 7.62. The SMILES string of the molecule is CN=C(NCC(C1CC1)N(C)C)NCC1(CCOC)CCCC1. The molecule has 5 heteroatoms. The van der Waals surface area contributed by atoms with Crippen LogP contribution in [0.1, 0.15) is 44.9 Å². The second kappa shape index (κ2) is 8.88. The smallest absolute Gasteiger partial charge is 0.191 e. The average Bonchev–Trinajstić information content (AvgIpc) is 3.27. The van der Waals surface area contributed by atoms with Crippen LogP contribution in [0.3, 0.4) is 0 Å². The molecule has 0 aliphatic heterocycles. The maximum atomic E-state index is 5.32. The molecule has 0 aromatic rings. The molecule has 23 heavy (non-hydrogen) atoms. The molecule has 2 aliphatic carbocycles. The van der Waals surface area contributed by atoms with Crippen LogP contribution >= 0.6 is 0 Å². The molecule has 2 fully saturated rings. The average molecular weight is 325 g/mol. The predicted octanol–water partition coefficient (Wildman–Crippen LogP) is 2.09. The standard InChI is InChI=1S/C18H36N4O/c1-19-17(20-13-16(22(2)3)15-7-8-15)21-14-18(11-12-23-4)9-5-6-10-18/h15-16H,5-14H2,1-4H3,(H2,19,20,21). The van der Waals surface area contributed by atoms with Crippen LogP contribution in [-0.4, -0.2) is 64.9 Å². The van der Waals surface area contributed by atoms with Gasteiger partial charge in [-0.05, 0) is 57.5 Å². The summed E-state index contributed by atoms with van der Waals surface area (Å²) in [6.45, 7) is 2.84. The van der Waals surface area contributed by atoms with E-state index in [1.165, 1.54) is 38.5 Å². The summed E-state index contributed by atoms with van der Waals surface area (Å²) in [6.07, 6.45) is 9.21. The molecule has 5 nitrogen and oxygen atoms in total. The molecule has 0 saturated heterocycles. The first-order valence-corrected chi connectivity index (χ1v) is 9.20. The lowest BCUT2D eigenvalue weighted by molar-refractivity contribution is 0.138. The molecule has 0 amide bonds. The monoisotopic (exact) mass is 324 g/mol. The number of methoxy groups -OCH3 is 1. The second-order valence-corrected chi connectivity index (χ2v) is 7.62. The Morgan fingerprint density at radius 3 is 2.48 bits per heavy atom. The maximum Gasteiger partial charge on any atom is 0.191 e. The fourth-order valence-electron chi connectivity index (χ4n) is 3.90. The molecular formula is C18H36N4O. The third-order valence-corrected chi connectivity index (χ3v) is 5.66. The largest absolute Gasteiger partial charge is 0.385 e. The van der Waals surface area contributed by atoms with Gasteiger partial charge in [-0.15, -0.1) is 0 Å². The Hall–Kier alpha value is -0.810. The van der Waals surface area contributed by atoms with E-state index in [9.17, 15) is 0 Å². The van der Waals surface area contributed by atoms with E-state index in [4.69, 9.17) is 4.74 Å². The van der Waals surface area contributed by atoms with Crippen LogP contribution in [-0.2, 0) is 4.74 Å². The van der Waals surface area contributed by atoms with Gasteiger partial charge in [0.05, 0.1) is 0 Å². The van der Waals surface area contributed by atoms with Crippen LogP contribution in [0.5, 0.6) is 0 Å². The quantitative estimate of drug-likeness (QED) is 0.504. The minimum Gasteiger partial charge on any atom is -0.385 e. The van der Waals surface area contributed by atoms with Crippen molar-refractivity contribution in [3.8, 4) is 0 Å². The van der Waals surface area contributed by atoms with Crippen LogP contribution in [0.4, 0.5) is 0 Å². The van der Waals surface area contributed by atoms with Crippen molar-refractivity contribution >= 4 is 5.96 Å². The number of aliphatic imine (C=N–C) groups is 1.